The molecule has 28 heavy (non-hydrogen) atoms. The standard InChI is InChI=1S/C22H23NO4S/c1-15-4-3-5-17-8-19(12-23-22(15)17)18-9-20(26-2)11-21(10-18)27-13-16-6-7-28(24,25)14-16/h3-5,8-12,16H,6-7,13-14H2,1-2H3. The molecule has 0 spiro atoms. The monoisotopic (exact) mass is 397 g/mol. The van der Waals surface area contributed by atoms with Gasteiger partial charge >= 0.3 is 0 Å². The first-order valence-electron chi connectivity index (χ1n) is 9.31. The van der Waals surface area contributed by atoms with Crippen LogP contribution in [0.5, 0.6) is 11.5 Å². The summed E-state index contributed by atoms with van der Waals surface area (Å²) in [6.07, 6.45) is 2.52. The number of sulfone groups is 1. The third-order valence-corrected chi connectivity index (χ3v) is 7.01. The Morgan fingerprint density at radius 3 is 2.68 bits per heavy atom. The largest absolute Gasteiger partial charge is 0.497 e. The maximum absolute atomic E-state index is 11.6. The van der Waals surface area contributed by atoms with E-state index in [4.69, 9.17) is 9.47 Å². The predicted molar refractivity (Wildman–Crippen MR) is 111 cm³/mol. The quantitative estimate of drug-likeness (QED) is 0.650. The van der Waals surface area contributed by atoms with Crippen LogP contribution in [0, 0.1) is 12.8 Å². The minimum atomic E-state index is -2.90. The lowest BCUT2D eigenvalue weighted by Gasteiger charge is -2.14. The van der Waals surface area contributed by atoms with Crippen molar-refractivity contribution >= 4 is 20.7 Å². The van der Waals surface area contributed by atoms with Crippen LogP contribution in [-0.2, 0) is 9.84 Å². The van der Waals surface area contributed by atoms with Crippen molar-refractivity contribution in [1.82, 2.24) is 4.98 Å². The number of methoxy groups -OCH3 is 1. The van der Waals surface area contributed by atoms with Crippen molar-refractivity contribution in [3.8, 4) is 22.6 Å². The number of aryl methyl sites for hydroxylation is 1. The summed E-state index contributed by atoms with van der Waals surface area (Å²) >= 11 is 0. The van der Waals surface area contributed by atoms with Gasteiger partial charge in [-0.1, -0.05) is 18.2 Å². The molecule has 0 amide bonds. The van der Waals surface area contributed by atoms with E-state index in [0.29, 0.717) is 24.5 Å². The molecule has 4 rings (SSSR count). The molecule has 5 nitrogen and oxygen atoms in total. The number of nitrogens with zero attached hydrogens (tertiary/aromatic N) is 1. The van der Waals surface area contributed by atoms with E-state index in [2.05, 4.69) is 30.1 Å². The maximum Gasteiger partial charge on any atom is 0.150 e. The Kier molecular flexibility index (Phi) is 4.98. The average molecular weight is 397 g/mol. The summed E-state index contributed by atoms with van der Waals surface area (Å²) < 4.78 is 34.6. The molecule has 0 radical (unpaired) electrons. The van der Waals surface area contributed by atoms with Crippen molar-refractivity contribution < 1.29 is 17.9 Å². The van der Waals surface area contributed by atoms with E-state index in [-0.39, 0.29) is 17.4 Å². The van der Waals surface area contributed by atoms with Crippen LogP contribution in [0.3, 0.4) is 0 Å². The number of hydrogen-bond acceptors (Lipinski definition) is 5. The lowest BCUT2D eigenvalue weighted by atomic mass is 10.0. The Hall–Kier alpha value is -2.60. The average Bonchev–Trinajstić information content (AvgIpc) is 3.05. The Morgan fingerprint density at radius 2 is 1.93 bits per heavy atom. The first kappa shape index (κ1) is 18.7. The lowest BCUT2D eigenvalue weighted by Crippen LogP contribution is -2.13. The van der Waals surface area contributed by atoms with Gasteiger partial charge in [0, 0.05) is 29.1 Å². The number of pyridine rings is 1. The van der Waals surface area contributed by atoms with Crippen LogP contribution in [0.2, 0.25) is 0 Å². The van der Waals surface area contributed by atoms with E-state index >= 15 is 0 Å². The van der Waals surface area contributed by atoms with E-state index in [0.717, 1.165) is 27.6 Å². The molecule has 2 aromatic carbocycles. The Morgan fingerprint density at radius 1 is 1.11 bits per heavy atom. The van der Waals surface area contributed by atoms with E-state index in [9.17, 15) is 8.42 Å². The molecule has 1 saturated heterocycles. The van der Waals surface area contributed by atoms with Gasteiger partial charge in [0.2, 0.25) is 0 Å². The highest BCUT2D eigenvalue weighted by Gasteiger charge is 2.28. The van der Waals surface area contributed by atoms with Crippen LogP contribution in [0.15, 0.2) is 48.7 Å². The molecule has 1 fully saturated rings. The van der Waals surface area contributed by atoms with Crippen LogP contribution in [0.1, 0.15) is 12.0 Å². The van der Waals surface area contributed by atoms with Crippen LogP contribution < -0.4 is 9.47 Å². The van der Waals surface area contributed by atoms with E-state index in [1.54, 1.807) is 7.11 Å². The van der Waals surface area contributed by atoms with E-state index in [1.165, 1.54) is 0 Å². The molecule has 146 valence electrons. The maximum atomic E-state index is 11.6. The molecule has 1 aliphatic rings. The van der Waals surface area contributed by atoms with Crippen LogP contribution in [0.4, 0.5) is 0 Å². The van der Waals surface area contributed by atoms with Gasteiger partial charge in [-0.25, -0.2) is 8.42 Å². The fourth-order valence-electron chi connectivity index (χ4n) is 3.63. The molecular formula is C22H23NO4S. The Balaban J connectivity index is 1.61. The van der Waals surface area contributed by atoms with Crippen molar-refractivity contribution in [2.24, 2.45) is 5.92 Å². The molecule has 1 atom stereocenters. The topological polar surface area (TPSA) is 65.5 Å². The first-order valence-corrected chi connectivity index (χ1v) is 11.1. The fourth-order valence-corrected chi connectivity index (χ4v) is 5.47. The second kappa shape index (κ2) is 7.43. The molecule has 0 bridgehead atoms. The van der Waals surface area contributed by atoms with Gasteiger partial charge < -0.3 is 9.47 Å². The molecule has 3 aromatic rings. The summed E-state index contributed by atoms with van der Waals surface area (Å²) in [5.74, 6) is 1.87. The smallest absolute Gasteiger partial charge is 0.150 e. The number of ether oxygens (including phenoxy) is 2. The molecule has 6 heteroatoms. The number of fused-ring (bicyclic) bond motifs is 1. The van der Waals surface area contributed by atoms with Crippen LogP contribution >= 0.6 is 0 Å². The number of hydrogen-bond donors (Lipinski definition) is 0. The minimum Gasteiger partial charge on any atom is -0.497 e. The SMILES string of the molecule is COc1cc(OCC2CCS(=O)(=O)C2)cc(-c2cnc3c(C)cccc3c2)c1. The predicted octanol–water partition coefficient (Wildman–Crippen LogP) is 4.03. The Bertz CT molecular complexity index is 1120. The summed E-state index contributed by atoms with van der Waals surface area (Å²) in [6, 6.07) is 14.0. The molecule has 0 aliphatic carbocycles. The van der Waals surface area contributed by atoms with Crippen molar-refractivity contribution in [2.45, 2.75) is 13.3 Å². The number of rotatable bonds is 5. The zero-order valence-electron chi connectivity index (χ0n) is 16.0. The summed E-state index contributed by atoms with van der Waals surface area (Å²) in [5.41, 5.74) is 4.06. The van der Waals surface area contributed by atoms with Crippen molar-refractivity contribution in [1.29, 1.82) is 0 Å². The van der Waals surface area contributed by atoms with Gasteiger partial charge in [-0.2, -0.15) is 0 Å². The van der Waals surface area contributed by atoms with Gasteiger partial charge in [0.05, 0.1) is 30.7 Å². The number of aromatic nitrogens is 1. The summed E-state index contributed by atoms with van der Waals surface area (Å²) in [7, 11) is -1.28. The molecule has 2 heterocycles. The normalized spacial score (nSPS) is 18.3. The van der Waals surface area contributed by atoms with Gasteiger partial charge in [-0.05, 0) is 42.7 Å². The molecular weight excluding hydrogens is 374 g/mol. The van der Waals surface area contributed by atoms with Gasteiger partial charge in [-0.15, -0.1) is 0 Å². The van der Waals surface area contributed by atoms with E-state index in [1.807, 2.05) is 30.5 Å². The van der Waals surface area contributed by atoms with Crippen molar-refractivity contribution in [2.75, 3.05) is 25.2 Å². The van der Waals surface area contributed by atoms with Gasteiger partial charge in [0.1, 0.15) is 11.5 Å². The minimum absolute atomic E-state index is 0.0463. The van der Waals surface area contributed by atoms with E-state index < -0.39 is 9.84 Å². The molecule has 1 aromatic heterocycles. The van der Waals surface area contributed by atoms with Gasteiger partial charge in [-0.3, -0.25) is 4.98 Å². The van der Waals surface area contributed by atoms with Gasteiger partial charge in [0.25, 0.3) is 0 Å². The Labute approximate surface area is 165 Å². The highest BCUT2D eigenvalue weighted by atomic mass is 32.2. The summed E-state index contributed by atoms with van der Waals surface area (Å²) in [5, 5.41) is 1.08. The fraction of sp³-hybridized carbons (Fsp3) is 0.318. The lowest BCUT2D eigenvalue weighted by molar-refractivity contribution is 0.262. The molecule has 0 N–H and O–H groups in total. The zero-order chi connectivity index (χ0) is 19.7. The highest BCUT2D eigenvalue weighted by Crippen LogP contribution is 2.32. The second-order valence-electron chi connectivity index (χ2n) is 7.35. The zero-order valence-corrected chi connectivity index (χ0v) is 16.8. The number of benzene rings is 2. The second-order valence-corrected chi connectivity index (χ2v) is 9.58. The van der Waals surface area contributed by atoms with Crippen LogP contribution in [-0.4, -0.2) is 38.6 Å². The summed E-state index contributed by atoms with van der Waals surface area (Å²) in [4.78, 5) is 4.62. The molecule has 0 saturated carbocycles. The van der Waals surface area contributed by atoms with Gasteiger partial charge in [0.15, 0.2) is 9.84 Å². The first-order chi connectivity index (χ1) is 13.4. The summed E-state index contributed by atoms with van der Waals surface area (Å²) in [6.45, 7) is 2.44. The third kappa shape index (κ3) is 3.97. The van der Waals surface area contributed by atoms with Crippen molar-refractivity contribution in [3.63, 3.8) is 0 Å². The number of para-hydroxylation sites is 1. The third-order valence-electron chi connectivity index (χ3n) is 5.17. The molecule has 1 aliphatic heterocycles. The molecule has 1 unspecified atom stereocenters. The van der Waals surface area contributed by atoms with Crippen LogP contribution in [0.25, 0.3) is 22.0 Å². The van der Waals surface area contributed by atoms with Crippen molar-refractivity contribution in [3.05, 3.63) is 54.2 Å². The highest BCUT2D eigenvalue weighted by molar-refractivity contribution is 7.91.